The number of benzene rings is 3. The van der Waals surface area contributed by atoms with E-state index < -0.39 is 28.1 Å². The highest BCUT2D eigenvalue weighted by Crippen LogP contribution is 2.26. The number of methoxy groups -OCH3 is 1. The van der Waals surface area contributed by atoms with Gasteiger partial charge in [0.1, 0.15) is 23.9 Å². The number of para-hydroxylation sites is 1. The molecule has 2 atom stereocenters. The maximum absolute atomic E-state index is 13.8. The predicted molar refractivity (Wildman–Crippen MR) is 165 cm³/mol. The maximum atomic E-state index is 13.8. The lowest BCUT2D eigenvalue weighted by Crippen LogP contribution is -2.51. The zero-order chi connectivity index (χ0) is 31.0. The Hall–Kier alpha value is -3.86. The number of aromatic hydroxyl groups is 1. The SMILES string of the molecule is COc1ccc(S(=O)(=O)N(CC(C)C)C[C@@H](O)[C@@H]2Cc3ccccc3OC/C=C\CCc3c(O)cccc3C(=O)N2)cc1. The molecular weight excluding hydrogens is 568 g/mol. The Balaban J connectivity index is 1.70. The van der Waals surface area contributed by atoms with E-state index in [0.29, 0.717) is 42.1 Å². The highest BCUT2D eigenvalue weighted by atomic mass is 32.2. The van der Waals surface area contributed by atoms with Gasteiger partial charge >= 0.3 is 0 Å². The number of sulfonamides is 1. The van der Waals surface area contributed by atoms with Crippen LogP contribution in [0.15, 0.2) is 83.8 Å². The molecule has 1 heterocycles. The molecule has 0 aromatic heterocycles. The van der Waals surface area contributed by atoms with Gasteiger partial charge in [0.2, 0.25) is 10.0 Å². The van der Waals surface area contributed by atoms with E-state index in [1.165, 1.54) is 23.5 Å². The fourth-order valence-corrected chi connectivity index (χ4v) is 6.71. The molecule has 1 amide bonds. The van der Waals surface area contributed by atoms with Crippen molar-refractivity contribution in [3.8, 4) is 17.2 Å². The molecule has 0 spiro atoms. The molecule has 0 bridgehead atoms. The molecule has 9 nitrogen and oxygen atoms in total. The van der Waals surface area contributed by atoms with Gasteiger partial charge in [0, 0.05) is 24.2 Å². The van der Waals surface area contributed by atoms with E-state index in [1.54, 1.807) is 30.3 Å². The van der Waals surface area contributed by atoms with Crippen LogP contribution in [0.1, 0.15) is 41.8 Å². The number of carbonyl (C=O) groups is 1. The van der Waals surface area contributed by atoms with Crippen LogP contribution in [0.5, 0.6) is 17.2 Å². The molecular formula is C33H40N2O7S. The molecule has 3 N–H and O–H groups in total. The van der Waals surface area contributed by atoms with Crippen LogP contribution in [0, 0.1) is 5.92 Å². The number of nitrogens with zero attached hydrogens (tertiary/aromatic N) is 1. The molecule has 1 aliphatic heterocycles. The highest BCUT2D eigenvalue weighted by Gasteiger charge is 2.32. The first-order valence-electron chi connectivity index (χ1n) is 14.4. The molecule has 1 aliphatic rings. The van der Waals surface area contributed by atoms with E-state index in [1.807, 2.05) is 50.3 Å². The zero-order valence-corrected chi connectivity index (χ0v) is 25.6. The topological polar surface area (TPSA) is 125 Å². The van der Waals surface area contributed by atoms with Crippen LogP contribution in [-0.4, -0.2) is 67.8 Å². The summed E-state index contributed by atoms with van der Waals surface area (Å²) >= 11 is 0. The summed E-state index contributed by atoms with van der Waals surface area (Å²) in [5.74, 6) is 0.650. The van der Waals surface area contributed by atoms with Crippen molar-refractivity contribution in [2.75, 3.05) is 26.8 Å². The van der Waals surface area contributed by atoms with Crippen LogP contribution < -0.4 is 14.8 Å². The second-order valence-corrected chi connectivity index (χ2v) is 12.9. The number of aliphatic hydroxyl groups is 1. The van der Waals surface area contributed by atoms with Crippen molar-refractivity contribution >= 4 is 15.9 Å². The van der Waals surface area contributed by atoms with Crippen molar-refractivity contribution in [3.63, 3.8) is 0 Å². The summed E-state index contributed by atoms with van der Waals surface area (Å²) in [6, 6.07) is 17.4. The Labute approximate surface area is 253 Å². The molecule has 0 radical (unpaired) electrons. The third kappa shape index (κ3) is 8.16. The van der Waals surface area contributed by atoms with Gasteiger partial charge in [0.15, 0.2) is 0 Å². The van der Waals surface area contributed by atoms with E-state index in [4.69, 9.17) is 9.47 Å². The Morgan fingerprint density at radius 1 is 1.02 bits per heavy atom. The van der Waals surface area contributed by atoms with Gasteiger partial charge in [-0.15, -0.1) is 0 Å². The lowest BCUT2D eigenvalue weighted by Gasteiger charge is -2.31. The van der Waals surface area contributed by atoms with Gasteiger partial charge in [-0.2, -0.15) is 4.31 Å². The minimum Gasteiger partial charge on any atom is -0.508 e. The Morgan fingerprint density at radius 3 is 2.49 bits per heavy atom. The Kier molecular flexibility index (Phi) is 10.8. The molecule has 0 saturated heterocycles. The predicted octanol–water partition coefficient (Wildman–Crippen LogP) is 4.33. The van der Waals surface area contributed by atoms with Gasteiger partial charge < -0.3 is 25.0 Å². The molecule has 0 aliphatic carbocycles. The van der Waals surface area contributed by atoms with Crippen LogP contribution in [-0.2, 0) is 22.9 Å². The number of amides is 1. The van der Waals surface area contributed by atoms with Gasteiger partial charge in [-0.3, -0.25) is 4.79 Å². The number of aliphatic hydroxyl groups excluding tert-OH is 1. The average Bonchev–Trinajstić information content (AvgIpc) is 2.98. The third-order valence-electron chi connectivity index (χ3n) is 7.31. The molecule has 3 aromatic carbocycles. The van der Waals surface area contributed by atoms with E-state index in [-0.39, 0.29) is 36.1 Å². The van der Waals surface area contributed by atoms with Crippen LogP contribution >= 0.6 is 0 Å². The monoisotopic (exact) mass is 608 g/mol. The molecule has 0 unspecified atom stereocenters. The lowest BCUT2D eigenvalue weighted by molar-refractivity contribution is 0.0773. The molecule has 0 fully saturated rings. The number of nitrogens with one attached hydrogen (secondary N) is 1. The normalized spacial score (nSPS) is 17.6. The summed E-state index contributed by atoms with van der Waals surface area (Å²) in [6.07, 6.45) is 3.75. The molecule has 3 aromatic rings. The molecule has 4 rings (SSSR count). The highest BCUT2D eigenvalue weighted by molar-refractivity contribution is 7.89. The average molecular weight is 609 g/mol. The summed E-state index contributed by atoms with van der Waals surface area (Å²) in [5.41, 5.74) is 1.55. The number of phenols is 1. The summed E-state index contributed by atoms with van der Waals surface area (Å²) < 4.78 is 40.0. The van der Waals surface area contributed by atoms with Crippen molar-refractivity contribution in [2.24, 2.45) is 5.92 Å². The first-order chi connectivity index (χ1) is 20.6. The number of rotatable bonds is 8. The minimum absolute atomic E-state index is 0.0144. The minimum atomic E-state index is -3.99. The van der Waals surface area contributed by atoms with Gasteiger partial charge in [-0.05, 0) is 73.2 Å². The van der Waals surface area contributed by atoms with Crippen molar-refractivity contribution in [2.45, 2.75) is 50.2 Å². The standard InChI is InChI=1S/C33H40N2O7S/c1-23(2)21-35(43(39,40)26-17-15-25(41-3)16-18-26)22-31(37)29-20-24-10-6-7-14-32(24)42-19-8-4-5-11-27-28(33(38)34-29)12-9-13-30(27)36/h4,6-10,12-18,23,29,31,36-37H,5,11,19-22H2,1-3H3,(H,34,38)/b8-4-/t29-,31+/m0/s1. The number of hydrogen-bond acceptors (Lipinski definition) is 7. The summed E-state index contributed by atoms with van der Waals surface area (Å²) in [4.78, 5) is 13.7. The van der Waals surface area contributed by atoms with E-state index >= 15 is 0 Å². The van der Waals surface area contributed by atoms with Crippen molar-refractivity contribution in [1.82, 2.24) is 9.62 Å². The van der Waals surface area contributed by atoms with Crippen molar-refractivity contribution in [1.29, 1.82) is 0 Å². The summed E-state index contributed by atoms with van der Waals surface area (Å²) in [7, 11) is -2.49. The van der Waals surface area contributed by atoms with Gasteiger partial charge in [0.25, 0.3) is 5.91 Å². The number of hydrogen-bond donors (Lipinski definition) is 3. The van der Waals surface area contributed by atoms with Crippen LogP contribution in [0.4, 0.5) is 0 Å². The van der Waals surface area contributed by atoms with Gasteiger partial charge in [-0.1, -0.05) is 50.3 Å². The second-order valence-electron chi connectivity index (χ2n) is 11.0. The lowest BCUT2D eigenvalue weighted by atomic mass is 9.97. The van der Waals surface area contributed by atoms with Crippen LogP contribution in [0.25, 0.3) is 0 Å². The largest absolute Gasteiger partial charge is 0.508 e. The van der Waals surface area contributed by atoms with Gasteiger partial charge in [0.05, 0.1) is 24.2 Å². The van der Waals surface area contributed by atoms with Gasteiger partial charge in [-0.25, -0.2) is 8.42 Å². The van der Waals surface area contributed by atoms with Crippen LogP contribution in [0.2, 0.25) is 0 Å². The molecule has 0 saturated carbocycles. The van der Waals surface area contributed by atoms with E-state index in [2.05, 4.69) is 5.32 Å². The summed E-state index contributed by atoms with van der Waals surface area (Å²) in [6.45, 7) is 4.03. The number of carbonyl (C=O) groups excluding carboxylic acids is 1. The zero-order valence-electron chi connectivity index (χ0n) is 24.8. The van der Waals surface area contributed by atoms with E-state index in [9.17, 15) is 23.4 Å². The number of allylic oxidation sites excluding steroid dienone is 1. The smallest absolute Gasteiger partial charge is 0.252 e. The molecule has 230 valence electrons. The fourth-order valence-electron chi connectivity index (χ4n) is 5.09. The molecule has 43 heavy (non-hydrogen) atoms. The van der Waals surface area contributed by atoms with E-state index in [0.717, 1.165) is 5.56 Å². The number of fused-ring (bicyclic) bond motifs is 2. The molecule has 10 heteroatoms. The first-order valence-corrected chi connectivity index (χ1v) is 15.8. The Morgan fingerprint density at radius 2 is 1.77 bits per heavy atom. The summed E-state index contributed by atoms with van der Waals surface area (Å²) in [5, 5.41) is 25.2. The maximum Gasteiger partial charge on any atom is 0.252 e. The number of phenolic OH excluding ortho intramolecular Hbond substituents is 1. The number of ether oxygens (including phenoxy) is 2. The third-order valence-corrected chi connectivity index (χ3v) is 9.15. The first kappa shape index (κ1) is 32.1. The van der Waals surface area contributed by atoms with Crippen molar-refractivity contribution < 1.29 is 32.9 Å². The van der Waals surface area contributed by atoms with Crippen LogP contribution in [0.3, 0.4) is 0 Å². The quantitative estimate of drug-likeness (QED) is 0.325. The van der Waals surface area contributed by atoms with Crippen molar-refractivity contribution in [3.05, 3.63) is 95.6 Å². The second kappa shape index (κ2) is 14.5. The fraction of sp³-hybridized carbons (Fsp3) is 0.364. The Bertz CT molecular complexity index is 1520.